The molecule has 2 heterocycles. The molecule has 0 amide bonds. The Morgan fingerprint density at radius 2 is 1.71 bits per heavy atom. The average molecular weight is 413 g/mol. The molecule has 5 rings (SSSR count). The van der Waals surface area contributed by atoms with Crippen molar-refractivity contribution < 1.29 is 9.13 Å². The first-order valence-corrected chi connectivity index (χ1v) is 9.59. The van der Waals surface area contributed by atoms with E-state index in [-0.39, 0.29) is 11.9 Å². The molecule has 28 heavy (non-hydrogen) atoms. The molecule has 0 bridgehead atoms. The zero-order valence-corrected chi connectivity index (χ0v) is 16.1. The number of hydrogen-bond donors (Lipinski definition) is 1. The van der Waals surface area contributed by atoms with Crippen molar-refractivity contribution in [1.29, 1.82) is 0 Å². The lowest BCUT2D eigenvalue weighted by Gasteiger charge is -2.39. The Morgan fingerprint density at radius 1 is 0.929 bits per heavy atom. The Balaban J connectivity index is 1.61. The highest BCUT2D eigenvalue weighted by atomic mass is 35.5. The first kappa shape index (κ1) is 17.6. The molecule has 0 aromatic heterocycles. The number of rotatable bonds is 2. The summed E-state index contributed by atoms with van der Waals surface area (Å²) in [4.78, 5) is 0. The molecule has 2 atom stereocenters. The fraction of sp³-hybridized carbons (Fsp3) is 0.0909. The van der Waals surface area contributed by atoms with Gasteiger partial charge in [0, 0.05) is 21.2 Å². The number of hydrazine groups is 1. The van der Waals surface area contributed by atoms with E-state index in [1.807, 2.05) is 47.5 Å². The van der Waals surface area contributed by atoms with E-state index in [1.54, 1.807) is 12.1 Å². The summed E-state index contributed by atoms with van der Waals surface area (Å²) >= 11 is 12.7. The highest BCUT2D eigenvalue weighted by molar-refractivity contribution is 6.31. The molecule has 3 aromatic carbocycles. The molecule has 0 aliphatic carbocycles. The maximum absolute atomic E-state index is 13.3. The number of fused-ring (bicyclic) bond motifs is 3. The van der Waals surface area contributed by atoms with Crippen LogP contribution in [-0.2, 0) is 0 Å². The lowest BCUT2D eigenvalue weighted by molar-refractivity contribution is -0.0325. The highest BCUT2D eigenvalue weighted by Crippen LogP contribution is 2.47. The molecule has 3 nitrogen and oxygen atoms in total. The van der Waals surface area contributed by atoms with Gasteiger partial charge < -0.3 is 10.2 Å². The van der Waals surface area contributed by atoms with Crippen molar-refractivity contribution in [2.75, 3.05) is 0 Å². The number of hydrogen-bond acceptors (Lipinski definition) is 3. The summed E-state index contributed by atoms with van der Waals surface area (Å²) in [5.41, 5.74) is 6.99. The monoisotopic (exact) mass is 412 g/mol. The Morgan fingerprint density at radius 3 is 2.50 bits per heavy atom. The zero-order valence-electron chi connectivity index (χ0n) is 14.6. The van der Waals surface area contributed by atoms with Crippen LogP contribution in [0.5, 0.6) is 5.75 Å². The normalized spacial score (nSPS) is 20.6. The second-order valence-electron chi connectivity index (χ2n) is 6.73. The van der Waals surface area contributed by atoms with Crippen LogP contribution in [0, 0.1) is 5.82 Å². The van der Waals surface area contributed by atoms with E-state index in [0.717, 1.165) is 28.1 Å². The molecule has 2 aliphatic rings. The van der Waals surface area contributed by atoms with Gasteiger partial charge in [-0.25, -0.2) is 4.39 Å². The molecule has 2 aliphatic heterocycles. The van der Waals surface area contributed by atoms with Gasteiger partial charge in [0.1, 0.15) is 11.6 Å². The van der Waals surface area contributed by atoms with Gasteiger partial charge in [-0.1, -0.05) is 41.4 Å². The summed E-state index contributed by atoms with van der Waals surface area (Å²) < 4.78 is 19.6. The molecule has 140 valence electrons. The Labute approximate surface area is 171 Å². The lowest BCUT2D eigenvalue weighted by Crippen LogP contribution is -2.43. The molecular weight excluding hydrogens is 398 g/mol. The van der Waals surface area contributed by atoms with Crippen LogP contribution in [0.3, 0.4) is 0 Å². The lowest BCUT2D eigenvalue weighted by atomic mass is 10.0. The quantitative estimate of drug-likeness (QED) is 0.547. The van der Waals surface area contributed by atoms with Gasteiger partial charge in [0.05, 0.1) is 11.7 Å². The molecule has 0 radical (unpaired) electrons. The highest BCUT2D eigenvalue weighted by Gasteiger charge is 2.40. The van der Waals surface area contributed by atoms with E-state index >= 15 is 0 Å². The van der Waals surface area contributed by atoms with Gasteiger partial charge in [0.2, 0.25) is 0 Å². The molecule has 6 heteroatoms. The Kier molecular flexibility index (Phi) is 4.27. The average Bonchev–Trinajstić information content (AvgIpc) is 3.14. The van der Waals surface area contributed by atoms with Gasteiger partial charge in [-0.15, -0.1) is 0 Å². The minimum atomic E-state index is -0.429. The molecule has 1 N–H and O–H groups in total. The zero-order chi connectivity index (χ0) is 19.3. The number of halogens is 3. The van der Waals surface area contributed by atoms with Crippen LogP contribution in [-0.4, -0.2) is 5.01 Å². The number of nitrogens with one attached hydrogen (secondary N) is 1. The van der Waals surface area contributed by atoms with E-state index in [2.05, 4.69) is 11.5 Å². The Hall–Kier alpha value is -2.53. The molecule has 0 saturated carbocycles. The van der Waals surface area contributed by atoms with Crippen molar-refractivity contribution in [2.45, 2.75) is 12.3 Å². The predicted molar refractivity (Wildman–Crippen MR) is 108 cm³/mol. The fourth-order valence-electron chi connectivity index (χ4n) is 3.64. The first-order chi connectivity index (χ1) is 13.6. The van der Waals surface area contributed by atoms with Crippen LogP contribution in [0.1, 0.15) is 29.0 Å². The van der Waals surface area contributed by atoms with Gasteiger partial charge in [0.25, 0.3) is 0 Å². The minimum Gasteiger partial charge on any atom is -0.469 e. The molecule has 0 saturated heterocycles. The smallest absolute Gasteiger partial charge is 0.197 e. The summed E-state index contributed by atoms with van der Waals surface area (Å²) in [6, 6.07) is 19.5. The van der Waals surface area contributed by atoms with Crippen molar-refractivity contribution in [1.82, 2.24) is 10.4 Å². The maximum atomic E-state index is 13.3. The molecular formula is C22H15Cl2FN2O. The Bertz CT molecular complexity index is 1080. The van der Waals surface area contributed by atoms with Crippen molar-refractivity contribution in [2.24, 2.45) is 0 Å². The SMILES string of the molecule is Fc1ccc(C2=CC3c4cc(Cl)ccc4OC(c4ccccc4Cl)N3N2)cc1. The van der Waals surface area contributed by atoms with Crippen LogP contribution in [0.15, 0.2) is 72.8 Å². The fourth-order valence-corrected chi connectivity index (χ4v) is 4.05. The van der Waals surface area contributed by atoms with Gasteiger partial charge in [-0.2, -0.15) is 5.01 Å². The van der Waals surface area contributed by atoms with Crippen molar-refractivity contribution >= 4 is 28.9 Å². The van der Waals surface area contributed by atoms with E-state index in [0.29, 0.717) is 10.0 Å². The topological polar surface area (TPSA) is 24.5 Å². The van der Waals surface area contributed by atoms with Crippen LogP contribution in [0.25, 0.3) is 5.70 Å². The molecule has 3 aromatic rings. The third kappa shape index (κ3) is 2.94. The standard InChI is InChI=1S/C22H15Cl2FN2O/c23-14-7-10-21-17(11-14)20-12-19(13-5-8-15(25)9-6-13)26-27(20)22(28-21)16-3-1-2-4-18(16)24/h1-12,20,22,26H. The van der Waals surface area contributed by atoms with Gasteiger partial charge in [-0.3, -0.25) is 0 Å². The third-order valence-corrected chi connectivity index (χ3v) is 5.56. The van der Waals surface area contributed by atoms with Crippen molar-refractivity contribution in [3.8, 4) is 5.75 Å². The van der Waals surface area contributed by atoms with E-state index < -0.39 is 6.23 Å². The van der Waals surface area contributed by atoms with Crippen LogP contribution in [0.2, 0.25) is 10.0 Å². The van der Waals surface area contributed by atoms with E-state index in [1.165, 1.54) is 12.1 Å². The third-order valence-electron chi connectivity index (χ3n) is 4.98. The largest absolute Gasteiger partial charge is 0.469 e. The summed E-state index contributed by atoms with van der Waals surface area (Å²) in [6.45, 7) is 0. The van der Waals surface area contributed by atoms with Gasteiger partial charge in [0.15, 0.2) is 6.23 Å². The summed E-state index contributed by atoms with van der Waals surface area (Å²) in [7, 11) is 0. The van der Waals surface area contributed by atoms with Crippen molar-refractivity contribution in [3.05, 3.63) is 105 Å². The van der Waals surface area contributed by atoms with Gasteiger partial charge in [-0.05, 0) is 60.2 Å². The van der Waals surface area contributed by atoms with Crippen LogP contribution < -0.4 is 10.2 Å². The van der Waals surface area contributed by atoms with Crippen LogP contribution >= 0.6 is 23.2 Å². The summed E-state index contributed by atoms with van der Waals surface area (Å²) in [5.74, 6) is 0.489. The summed E-state index contributed by atoms with van der Waals surface area (Å²) in [5, 5.41) is 3.27. The van der Waals surface area contributed by atoms with E-state index in [9.17, 15) is 4.39 Å². The number of ether oxygens (including phenoxy) is 1. The summed E-state index contributed by atoms with van der Waals surface area (Å²) in [6.07, 6.45) is 1.66. The number of benzene rings is 3. The van der Waals surface area contributed by atoms with Gasteiger partial charge >= 0.3 is 0 Å². The predicted octanol–water partition coefficient (Wildman–Crippen LogP) is 6.13. The minimum absolute atomic E-state index is 0.108. The molecule has 0 fully saturated rings. The van der Waals surface area contributed by atoms with Crippen LogP contribution in [0.4, 0.5) is 4.39 Å². The molecule has 0 spiro atoms. The number of nitrogens with zero attached hydrogens (tertiary/aromatic N) is 1. The van der Waals surface area contributed by atoms with Crippen molar-refractivity contribution in [3.63, 3.8) is 0 Å². The maximum Gasteiger partial charge on any atom is 0.197 e. The van der Waals surface area contributed by atoms with E-state index in [4.69, 9.17) is 27.9 Å². The second kappa shape index (κ2) is 6.82. The second-order valence-corrected chi connectivity index (χ2v) is 7.57. The first-order valence-electron chi connectivity index (χ1n) is 8.83. The molecule has 2 unspecified atom stereocenters.